The van der Waals surface area contributed by atoms with Crippen LogP contribution < -0.4 is 5.11 Å². The summed E-state index contributed by atoms with van der Waals surface area (Å²) in [5, 5.41) is 19.6. The van der Waals surface area contributed by atoms with Crippen LogP contribution >= 0.6 is 0 Å². The fourth-order valence-corrected chi connectivity index (χ4v) is 1.64. The first kappa shape index (κ1) is 10.9. The van der Waals surface area contributed by atoms with Crippen LogP contribution in [0.25, 0.3) is 11.1 Å². The van der Waals surface area contributed by atoms with Gasteiger partial charge in [0.05, 0.1) is 17.6 Å². The van der Waals surface area contributed by atoms with Gasteiger partial charge in [-0.05, 0) is 23.3 Å². The van der Waals surface area contributed by atoms with Gasteiger partial charge in [0, 0.05) is 5.56 Å². The average Bonchev–Trinajstić information content (AvgIpc) is 2.39. The number of rotatable bonds is 2. The summed E-state index contributed by atoms with van der Waals surface area (Å²) >= 11 is 0. The van der Waals surface area contributed by atoms with Crippen molar-refractivity contribution in [2.24, 2.45) is 0 Å². The van der Waals surface area contributed by atoms with E-state index in [1.165, 1.54) is 6.07 Å². The lowest BCUT2D eigenvalue weighted by Crippen LogP contribution is -2.22. The van der Waals surface area contributed by atoms with Crippen LogP contribution in [0.4, 0.5) is 0 Å². The standard InChI is InChI=1S/C14H9NO2/c15-9-10-5-7-11(8-6-10)12-3-1-2-4-13(12)14(16)17/h1-8H,(H,16,17)/p-1. The molecule has 17 heavy (non-hydrogen) atoms. The Morgan fingerprint density at radius 1 is 1.06 bits per heavy atom. The molecular weight excluding hydrogens is 214 g/mol. The van der Waals surface area contributed by atoms with Gasteiger partial charge in [0.1, 0.15) is 0 Å². The van der Waals surface area contributed by atoms with Gasteiger partial charge in [-0.1, -0.05) is 36.4 Å². The maximum Gasteiger partial charge on any atom is 0.0991 e. The molecule has 0 saturated carbocycles. The molecule has 3 heteroatoms. The molecule has 0 aliphatic carbocycles. The van der Waals surface area contributed by atoms with Gasteiger partial charge >= 0.3 is 0 Å². The van der Waals surface area contributed by atoms with E-state index in [2.05, 4.69) is 0 Å². The van der Waals surface area contributed by atoms with Gasteiger partial charge in [-0.2, -0.15) is 5.26 Å². The van der Waals surface area contributed by atoms with Crippen LogP contribution in [0.5, 0.6) is 0 Å². The predicted molar refractivity (Wildman–Crippen MR) is 60.9 cm³/mol. The van der Waals surface area contributed by atoms with Crippen LogP contribution in [0, 0.1) is 11.3 Å². The lowest BCUT2D eigenvalue weighted by atomic mass is 9.99. The lowest BCUT2D eigenvalue weighted by Gasteiger charge is -2.10. The smallest absolute Gasteiger partial charge is 0.0991 e. The number of carboxylic acids is 1. The Kier molecular flexibility index (Phi) is 2.89. The number of carboxylic acid groups (broad SMARTS) is 1. The Morgan fingerprint density at radius 3 is 2.29 bits per heavy atom. The van der Waals surface area contributed by atoms with Gasteiger partial charge in [-0.25, -0.2) is 0 Å². The third-order valence-electron chi connectivity index (χ3n) is 2.47. The molecule has 0 saturated heterocycles. The van der Waals surface area contributed by atoms with Crippen molar-refractivity contribution >= 4 is 5.97 Å². The van der Waals surface area contributed by atoms with Crippen molar-refractivity contribution in [1.82, 2.24) is 0 Å². The molecular formula is C14H8NO2-. The molecule has 2 aromatic rings. The third-order valence-corrected chi connectivity index (χ3v) is 2.47. The summed E-state index contributed by atoms with van der Waals surface area (Å²) in [5.41, 5.74) is 2.04. The van der Waals surface area contributed by atoms with Crippen molar-refractivity contribution in [2.75, 3.05) is 0 Å². The van der Waals surface area contributed by atoms with Crippen molar-refractivity contribution in [1.29, 1.82) is 5.26 Å². The number of hydrogen-bond donors (Lipinski definition) is 0. The Labute approximate surface area is 98.6 Å². The number of aromatic carboxylic acids is 1. The molecule has 0 aliphatic heterocycles. The van der Waals surface area contributed by atoms with E-state index in [9.17, 15) is 9.90 Å². The normalized spacial score (nSPS) is 9.59. The minimum Gasteiger partial charge on any atom is -0.545 e. The molecule has 82 valence electrons. The van der Waals surface area contributed by atoms with E-state index in [1.807, 2.05) is 6.07 Å². The van der Waals surface area contributed by atoms with E-state index in [1.54, 1.807) is 42.5 Å². The van der Waals surface area contributed by atoms with E-state index in [0.717, 1.165) is 5.56 Å². The largest absolute Gasteiger partial charge is 0.545 e. The van der Waals surface area contributed by atoms with Gasteiger partial charge < -0.3 is 9.90 Å². The molecule has 0 atom stereocenters. The maximum absolute atomic E-state index is 11.0. The molecule has 2 aromatic carbocycles. The summed E-state index contributed by atoms with van der Waals surface area (Å²) in [4.78, 5) is 11.0. The number of carbonyl (C=O) groups excluding carboxylic acids is 1. The van der Waals surface area contributed by atoms with Crippen LogP contribution in [0.15, 0.2) is 48.5 Å². The zero-order valence-corrected chi connectivity index (χ0v) is 8.88. The number of benzene rings is 2. The second-order valence-electron chi connectivity index (χ2n) is 3.52. The number of hydrogen-bond acceptors (Lipinski definition) is 3. The molecule has 0 fully saturated rings. The van der Waals surface area contributed by atoms with Crippen LogP contribution in [-0.2, 0) is 0 Å². The minimum atomic E-state index is -1.20. The number of nitriles is 1. The summed E-state index contributed by atoms with van der Waals surface area (Å²) < 4.78 is 0. The first-order valence-corrected chi connectivity index (χ1v) is 5.03. The third kappa shape index (κ3) is 2.16. The molecule has 0 bridgehead atoms. The lowest BCUT2D eigenvalue weighted by molar-refractivity contribution is -0.254. The van der Waals surface area contributed by atoms with Gasteiger partial charge in [-0.15, -0.1) is 0 Å². The summed E-state index contributed by atoms with van der Waals surface area (Å²) in [6, 6.07) is 15.4. The number of nitrogens with zero attached hydrogens (tertiary/aromatic N) is 1. The molecule has 3 nitrogen and oxygen atoms in total. The van der Waals surface area contributed by atoms with Gasteiger partial charge in [-0.3, -0.25) is 0 Å². The van der Waals surface area contributed by atoms with Gasteiger partial charge in [0.2, 0.25) is 0 Å². The van der Waals surface area contributed by atoms with E-state index >= 15 is 0 Å². The van der Waals surface area contributed by atoms with Crippen LogP contribution in [0.1, 0.15) is 15.9 Å². The van der Waals surface area contributed by atoms with Crippen molar-refractivity contribution in [2.45, 2.75) is 0 Å². The Morgan fingerprint density at radius 2 is 1.71 bits per heavy atom. The molecule has 0 N–H and O–H groups in total. The summed E-state index contributed by atoms with van der Waals surface area (Å²) in [5.74, 6) is -1.20. The van der Waals surface area contributed by atoms with E-state index in [0.29, 0.717) is 11.1 Å². The summed E-state index contributed by atoms with van der Waals surface area (Å²) in [6.45, 7) is 0. The zero-order valence-electron chi connectivity index (χ0n) is 8.88. The molecule has 2 rings (SSSR count). The molecule has 0 aromatic heterocycles. The van der Waals surface area contributed by atoms with E-state index < -0.39 is 5.97 Å². The van der Waals surface area contributed by atoms with Gasteiger partial charge in [0.15, 0.2) is 0 Å². The Bertz CT molecular complexity index is 594. The van der Waals surface area contributed by atoms with Crippen molar-refractivity contribution < 1.29 is 9.90 Å². The highest BCUT2D eigenvalue weighted by Gasteiger charge is 2.04. The second kappa shape index (κ2) is 4.50. The Hall–Kier alpha value is -2.60. The summed E-state index contributed by atoms with van der Waals surface area (Å²) in [6.07, 6.45) is 0. The highest BCUT2D eigenvalue weighted by atomic mass is 16.4. The fraction of sp³-hybridized carbons (Fsp3) is 0. The maximum atomic E-state index is 11.0. The van der Waals surface area contributed by atoms with Crippen molar-refractivity contribution in [3.63, 3.8) is 0 Å². The highest BCUT2D eigenvalue weighted by Crippen LogP contribution is 2.23. The SMILES string of the molecule is N#Cc1ccc(-c2ccccc2C(=O)[O-])cc1. The predicted octanol–water partition coefficient (Wildman–Crippen LogP) is 1.59. The van der Waals surface area contributed by atoms with Crippen LogP contribution in [0.2, 0.25) is 0 Å². The molecule has 0 spiro atoms. The average molecular weight is 222 g/mol. The topological polar surface area (TPSA) is 63.9 Å². The van der Waals surface area contributed by atoms with Crippen LogP contribution in [-0.4, -0.2) is 5.97 Å². The number of carbonyl (C=O) groups is 1. The minimum absolute atomic E-state index is 0.150. The molecule has 0 amide bonds. The fourth-order valence-electron chi connectivity index (χ4n) is 1.64. The quantitative estimate of drug-likeness (QED) is 0.775. The first-order chi connectivity index (χ1) is 8.22. The van der Waals surface area contributed by atoms with E-state index in [4.69, 9.17) is 5.26 Å². The Balaban J connectivity index is 2.53. The highest BCUT2D eigenvalue weighted by molar-refractivity contribution is 5.94. The van der Waals surface area contributed by atoms with E-state index in [-0.39, 0.29) is 5.56 Å². The summed E-state index contributed by atoms with van der Waals surface area (Å²) in [7, 11) is 0. The molecule has 0 aliphatic rings. The van der Waals surface area contributed by atoms with Crippen molar-refractivity contribution in [3.8, 4) is 17.2 Å². The van der Waals surface area contributed by atoms with Crippen LogP contribution in [0.3, 0.4) is 0 Å². The molecule has 0 heterocycles. The molecule has 0 unspecified atom stereocenters. The van der Waals surface area contributed by atoms with Gasteiger partial charge in [0.25, 0.3) is 0 Å². The second-order valence-corrected chi connectivity index (χ2v) is 3.52. The molecule has 0 radical (unpaired) electrons. The van der Waals surface area contributed by atoms with Crippen molar-refractivity contribution in [3.05, 3.63) is 59.7 Å². The first-order valence-electron chi connectivity index (χ1n) is 5.03. The zero-order chi connectivity index (χ0) is 12.3. The monoisotopic (exact) mass is 222 g/mol.